The molecule has 0 aromatic rings. The van der Waals surface area contributed by atoms with Gasteiger partial charge in [0, 0.05) is 26.7 Å². The van der Waals surface area contributed by atoms with Crippen molar-refractivity contribution in [1.82, 2.24) is 5.32 Å². The van der Waals surface area contributed by atoms with Crippen molar-refractivity contribution in [2.24, 2.45) is 0 Å². The number of hydrogen-bond donors (Lipinski definition) is 1. The molecule has 106 valence electrons. The third-order valence-electron chi connectivity index (χ3n) is 3.50. The van der Waals surface area contributed by atoms with Gasteiger partial charge in [0.05, 0.1) is 13.7 Å². The third-order valence-corrected chi connectivity index (χ3v) is 3.50. The molecule has 1 rings (SSSR count). The van der Waals surface area contributed by atoms with Gasteiger partial charge in [0.1, 0.15) is 11.6 Å². The Balaban J connectivity index is 2.46. The number of ether oxygens (including phenoxy) is 3. The van der Waals surface area contributed by atoms with Gasteiger partial charge in [-0.25, -0.2) is 0 Å². The highest BCUT2D eigenvalue weighted by molar-refractivity contribution is 5.75. The van der Waals surface area contributed by atoms with Gasteiger partial charge in [-0.1, -0.05) is 19.8 Å². The van der Waals surface area contributed by atoms with E-state index < -0.39 is 0 Å². The van der Waals surface area contributed by atoms with E-state index in [0.717, 1.165) is 25.7 Å². The van der Waals surface area contributed by atoms with Crippen LogP contribution in [0.25, 0.3) is 0 Å². The van der Waals surface area contributed by atoms with E-state index in [1.165, 1.54) is 7.11 Å². The fourth-order valence-corrected chi connectivity index (χ4v) is 2.12. The number of rotatable bonds is 8. The SMILES string of the molecule is CCCCC(NCC1(OC)CCOC1)C(=O)OC. The van der Waals surface area contributed by atoms with E-state index in [2.05, 4.69) is 12.2 Å². The lowest BCUT2D eigenvalue weighted by atomic mass is 10.0. The summed E-state index contributed by atoms with van der Waals surface area (Å²) in [7, 11) is 3.11. The van der Waals surface area contributed by atoms with Crippen LogP contribution in [0, 0.1) is 0 Å². The summed E-state index contributed by atoms with van der Waals surface area (Å²) < 4.78 is 15.7. The Bertz CT molecular complexity index is 251. The number of methoxy groups -OCH3 is 2. The van der Waals surface area contributed by atoms with Crippen molar-refractivity contribution in [2.45, 2.75) is 44.2 Å². The largest absolute Gasteiger partial charge is 0.468 e. The minimum absolute atomic E-state index is 0.200. The molecule has 18 heavy (non-hydrogen) atoms. The zero-order valence-electron chi connectivity index (χ0n) is 11.7. The van der Waals surface area contributed by atoms with Gasteiger partial charge in [-0.05, 0) is 6.42 Å². The highest BCUT2D eigenvalue weighted by atomic mass is 16.6. The maximum Gasteiger partial charge on any atom is 0.322 e. The quantitative estimate of drug-likeness (QED) is 0.662. The van der Waals surface area contributed by atoms with Gasteiger partial charge in [-0.3, -0.25) is 4.79 Å². The molecule has 0 bridgehead atoms. The molecule has 1 aliphatic heterocycles. The molecule has 1 heterocycles. The first kappa shape index (κ1) is 15.4. The Hall–Kier alpha value is -0.650. The van der Waals surface area contributed by atoms with E-state index in [9.17, 15) is 4.79 Å². The minimum atomic E-state index is -0.293. The minimum Gasteiger partial charge on any atom is -0.468 e. The molecular formula is C13H25NO4. The molecule has 2 unspecified atom stereocenters. The summed E-state index contributed by atoms with van der Waals surface area (Å²) in [5.74, 6) is -0.200. The molecule has 0 aromatic carbocycles. The number of unbranched alkanes of at least 4 members (excludes halogenated alkanes) is 1. The molecule has 1 N–H and O–H groups in total. The van der Waals surface area contributed by atoms with E-state index >= 15 is 0 Å². The first-order chi connectivity index (χ1) is 8.67. The fraction of sp³-hybridized carbons (Fsp3) is 0.923. The second-order valence-electron chi connectivity index (χ2n) is 4.79. The lowest BCUT2D eigenvalue weighted by Gasteiger charge is -2.28. The zero-order valence-corrected chi connectivity index (χ0v) is 11.7. The second-order valence-corrected chi connectivity index (χ2v) is 4.79. The van der Waals surface area contributed by atoms with Crippen LogP contribution in [0.1, 0.15) is 32.6 Å². The van der Waals surface area contributed by atoms with Crippen LogP contribution in [-0.2, 0) is 19.0 Å². The summed E-state index contributed by atoms with van der Waals surface area (Å²) in [5.41, 5.74) is -0.293. The Morgan fingerprint density at radius 1 is 1.50 bits per heavy atom. The smallest absolute Gasteiger partial charge is 0.322 e. The summed E-state index contributed by atoms with van der Waals surface area (Å²) in [4.78, 5) is 11.7. The number of carbonyl (C=O) groups excluding carboxylic acids is 1. The van der Waals surface area contributed by atoms with Crippen LogP contribution in [0.15, 0.2) is 0 Å². The molecule has 0 spiro atoms. The van der Waals surface area contributed by atoms with Gasteiger partial charge < -0.3 is 19.5 Å². The summed E-state index contributed by atoms with van der Waals surface area (Å²) in [5, 5.41) is 3.26. The van der Waals surface area contributed by atoms with Gasteiger partial charge in [-0.15, -0.1) is 0 Å². The van der Waals surface area contributed by atoms with Crippen LogP contribution in [-0.4, -0.2) is 51.6 Å². The molecule has 1 fully saturated rings. The van der Waals surface area contributed by atoms with Crippen LogP contribution < -0.4 is 5.32 Å². The van der Waals surface area contributed by atoms with E-state index in [1.807, 2.05) is 0 Å². The first-order valence-electron chi connectivity index (χ1n) is 6.61. The van der Waals surface area contributed by atoms with Gasteiger partial charge >= 0.3 is 5.97 Å². The highest BCUT2D eigenvalue weighted by Gasteiger charge is 2.36. The predicted octanol–water partition coefficient (Wildman–Crippen LogP) is 1.11. The van der Waals surface area contributed by atoms with E-state index in [-0.39, 0.29) is 17.6 Å². The molecule has 0 radical (unpaired) electrons. The van der Waals surface area contributed by atoms with Gasteiger partial charge in [0.25, 0.3) is 0 Å². The molecule has 0 aromatic heterocycles. The summed E-state index contributed by atoms with van der Waals surface area (Å²) in [6.45, 7) is 4.02. The number of esters is 1. The van der Waals surface area contributed by atoms with E-state index in [0.29, 0.717) is 19.8 Å². The standard InChI is InChI=1S/C13H25NO4/c1-4-5-6-11(12(15)16-2)14-9-13(17-3)7-8-18-10-13/h11,14H,4-10H2,1-3H3. The first-order valence-corrected chi connectivity index (χ1v) is 6.61. The third kappa shape index (κ3) is 4.23. The Morgan fingerprint density at radius 2 is 2.28 bits per heavy atom. The number of carbonyl (C=O) groups is 1. The fourth-order valence-electron chi connectivity index (χ4n) is 2.12. The molecule has 1 aliphatic rings. The molecule has 0 amide bonds. The predicted molar refractivity (Wildman–Crippen MR) is 68.5 cm³/mol. The van der Waals surface area contributed by atoms with Crippen LogP contribution in [0.4, 0.5) is 0 Å². The second kappa shape index (κ2) is 7.71. The monoisotopic (exact) mass is 259 g/mol. The van der Waals surface area contributed by atoms with Crippen LogP contribution >= 0.6 is 0 Å². The van der Waals surface area contributed by atoms with Crippen LogP contribution in [0.5, 0.6) is 0 Å². The van der Waals surface area contributed by atoms with Gasteiger partial charge in [0.15, 0.2) is 0 Å². The van der Waals surface area contributed by atoms with Crippen molar-refractivity contribution in [3.8, 4) is 0 Å². The van der Waals surface area contributed by atoms with Crippen molar-refractivity contribution in [2.75, 3.05) is 34.0 Å². The Morgan fingerprint density at radius 3 is 2.78 bits per heavy atom. The summed E-state index contributed by atoms with van der Waals surface area (Å²) in [6.07, 6.45) is 3.72. The normalized spacial score (nSPS) is 25.1. The van der Waals surface area contributed by atoms with Crippen molar-refractivity contribution in [3.05, 3.63) is 0 Å². The van der Waals surface area contributed by atoms with E-state index in [4.69, 9.17) is 14.2 Å². The van der Waals surface area contributed by atoms with Crippen molar-refractivity contribution in [3.63, 3.8) is 0 Å². The molecule has 1 saturated heterocycles. The van der Waals surface area contributed by atoms with Crippen LogP contribution in [0.2, 0.25) is 0 Å². The summed E-state index contributed by atoms with van der Waals surface area (Å²) >= 11 is 0. The average molecular weight is 259 g/mol. The molecule has 0 aliphatic carbocycles. The van der Waals surface area contributed by atoms with Crippen LogP contribution in [0.3, 0.4) is 0 Å². The van der Waals surface area contributed by atoms with Gasteiger partial charge in [0.2, 0.25) is 0 Å². The Kier molecular flexibility index (Phi) is 6.60. The van der Waals surface area contributed by atoms with Crippen molar-refractivity contribution in [1.29, 1.82) is 0 Å². The highest BCUT2D eigenvalue weighted by Crippen LogP contribution is 2.21. The number of nitrogens with one attached hydrogen (secondary N) is 1. The van der Waals surface area contributed by atoms with Gasteiger partial charge in [-0.2, -0.15) is 0 Å². The average Bonchev–Trinajstić information content (AvgIpc) is 2.87. The lowest BCUT2D eigenvalue weighted by Crippen LogP contribution is -2.49. The Labute approximate surface area is 109 Å². The number of hydrogen-bond acceptors (Lipinski definition) is 5. The zero-order chi connectivity index (χ0) is 13.4. The maximum absolute atomic E-state index is 11.7. The van der Waals surface area contributed by atoms with Crippen molar-refractivity contribution >= 4 is 5.97 Å². The molecular weight excluding hydrogens is 234 g/mol. The van der Waals surface area contributed by atoms with E-state index in [1.54, 1.807) is 7.11 Å². The maximum atomic E-state index is 11.7. The molecule has 5 nitrogen and oxygen atoms in total. The molecule has 0 saturated carbocycles. The summed E-state index contributed by atoms with van der Waals surface area (Å²) in [6, 6.07) is -0.248. The molecule has 2 atom stereocenters. The lowest BCUT2D eigenvalue weighted by molar-refractivity contribution is -0.143. The van der Waals surface area contributed by atoms with Crippen molar-refractivity contribution < 1.29 is 19.0 Å². The topological polar surface area (TPSA) is 56.8 Å². The molecule has 5 heteroatoms.